The molecule has 4 nitrogen and oxygen atoms in total. The maximum Gasteiger partial charge on any atom is 0.225 e. The molecule has 0 saturated carbocycles. The van der Waals surface area contributed by atoms with Gasteiger partial charge < -0.3 is 9.64 Å². The van der Waals surface area contributed by atoms with Crippen LogP contribution in [0, 0.1) is 5.92 Å². The van der Waals surface area contributed by atoms with Gasteiger partial charge in [0.25, 0.3) is 0 Å². The Morgan fingerprint density at radius 3 is 2.50 bits per heavy atom. The van der Waals surface area contributed by atoms with E-state index in [9.17, 15) is 4.79 Å². The second-order valence-electron chi connectivity index (χ2n) is 6.21. The van der Waals surface area contributed by atoms with E-state index in [4.69, 9.17) is 4.74 Å². The Balaban J connectivity index is 1.46. The zero-order chi connectivity index (χ0) is 15.4. The molecule has 0 aromatic carbocycles. The molecule has 1 aromatic heterocycles. The molecule has 0 bridgehead atoms. The van der Waals surface area contributed by atoms with E-state index in [-0.39, 0.29) is 5.92 Å². The highest BCUT2D eigenvalue weighted by atomic mass is 32.1. The fourth-order valence-electron chi connectivity index (χ4n) is 3.25. The Bertz CT molecular complexity index is 489. The summed E-state index contributed by atoms with van der Waals surface area (Å²) in [6, 6.07) is 4.49. The van der Waals surface area contributed by atoms with Crippen LogP contribution in [-0.2, 0) is 22.5 Å². The fourth-order valence-corrected chi connectivity index (χ4v) is 4.25. The Morgan fingerprint density at radius 2 is 1.86 bits per heavy atom. The zero-order valence-corrected chi connectivity index (χ0v) is 14.2. The highest BCUT2D eigenvalue weighted by Crippen LogP contribution is 2.21. The maximum atomic E-state index is 12.5. The van der Waals surface area contributed by atoms with E-state index < -0.39 is 0 Å². The summed E-state index contributed by atoms with van der Waals surface area (Å²) in [4.78, 5) is 20.0. The molecule has 2 aliphatic heterocycles. The summed E-state index contributed by atoms with van der Waals surface area (Å²) < 4.78 is 5.35. The number of hydrogen-bond donors (Lipinski definition) is 0. The Labute approximate surface area is 137 Å². The van der Waals surface area contributed by atoms with Gasteiger partial charge in [0.05, 0.1) is 0 Å². The number of amides is 1. The second kappa shape index (κ2) is 7.57. The van der Waals surface area contributed by atoms with Crippen LogP contribution in [-0.4, -0.2) is 55.1 Å². The molecular weight excluding hydrogens is 296 g/mol. The number of hydrogen-bond acceptors (Lipinski definition) is 4. The van der Waals surface area contributed by atoms with Gasteiger partial charge in [-0.1, -0.05) is 6.92 Å². The van der Waals surface area contributed by atoms with E-state index >= 15 is 0 Å². The molecule has 3 heterocycles. The molecule has 1 amide bonds. The Hall–Kier alpha value is -0.910. The third-order valence-electron chi connectivity index (χ3n) is 4.70. The van der Waals surface area contributed by atoms with Crippen molar-refractivity contribution in [3.63, 3.8) is 0 Å². The Morgan fingerprint density at radius 1 is 1.18 bits per heavy atom. The number of thiophene rings is 1. The maximum absolute atomic E-state index is 12.5. The predicted octanol–water partition coefficient (Wildman–Crippen LogP) is 2.38. The fraction of sp³-hybridized carbons (Fsp3) is 0.706. The van der Waals surface area contributed by atoms with Crippen LogP contribution in [0.15, 0.2) is 12.1 Å². The molecular formula is C17H26N2O2S. The van der Waals surface area contributed by atoms with Crippen LogP contribution in [0.25, 0.3) is 0 Å². The SMILES string of the molecule is CCc1ccc(CN2CCN(C(=O)C3CCOCC3)CC2)s1. The van der Waals surface area contributed by atoms with Crippen molar-refractivity contribution in [2.45, 2.75) is 32.7 Å². The van der Waals surface area contributed by atoms with Crippen molar-refractivity contribution in [2.24, 2.45) is 5.92 Å². The third-order valence-corrected chi connectivity index (χ3v) is 5.91. The van der Waals surface area contributed by atoms with Crippen LogP contribution in [0.2, 0.25) is 0 Å². The van der Waals surface area contributed by atoms with Gasteiger partial charge in [-0.2, -0.15) is 0 Å². The third kappa shape index (κ3) is 3.89. The van der Waals surface area contributed by atoms with Crippen molar-refractivity contribution in [3.05, 3.63) is 21.9 Å². The van der Waals surface area contributed by atoms with Crippen LogP contribution in [0.5, 0.6) is 0 Å². The lowest BCUT2D eigenvalue weighted by molar-refractivity contribution is -0.140. The molecule has 1 aromatic rings. The summed E-state index contributed by atoms with van der Waals surface area (Å²) in [7, 11) is 0. The van der Waals surface area contributed by atoms with Crippen molar-refractivity contribution in [1.29, 1.82) is 0 Å². The molecule has 2 saturated heterocycles. The number of ether oxygens (including phenoxy) is 1. The second-order valence-corrected chi connectivity index (χ2v) is 7.46. The van der Waals surface area contributed by atoms with Crippen molar-refractivity contribution in [3.8, 4) is 0 Å². The quantitative estimate of drug-likeness (QED) is 0.853. The first-order valence-corrected chi connectivity index (χ1v) is 9.24. The van der Waals surface area contributed by atoms with E-state index in [2.05, 4.69) is 28.9 Å². The lowest BCUT2D eigenvalue weighted by atomic mass is 9.98. The summed E-state index contributed by atoms with van der Waals surface area (Å²) in [5.41, 5.74) is 0. The minimum Gasteiger partial charge on any atom is -0.381 e. The first-order valence-electron chi connectivity index (χ1n) is 8.42. The summed E-state index contributed by atoms with van der Waals surface area (Å²) in [5, 5.41) is 0. The van der Waals surface area contributed by atoms with Gasteiger partial charge in [0.15, 0.2) is 0 Å². The standard InChI is InChI=1S/C17H26N2O2S/c1-2-15-3-4-16(22-15)13-18-7-9-19(10-8-18)17(20)14-5-11-21-12-6-14/h3-4,14H,2,5-13H2,1H3. The molecule has 22 heavy (non-hydrogen) atoms. The summed E-state index contributed by atoms with van der Waals surface area (Å²) >= 11 is 1.92. The molecule has 0 unspecified atom stereocenters. The molecule has 2 fully saturated rings. The van der Waals surface area contributed by atoms with Gasteiger partial charge in [-0.25, -0.2) is 0 Å². The van der Waals surface area contributed by atoms with E-state index in [1.807, 2.05) is 11.3 Å². The normalized spacial score (nSPS) is 21.2. The van der Waals surface area contributed by atoms with Gasteiger partial charge >= 0.3 is 0 Å². The largest absolute Gasteiger partial charge is 0.381 e. The highest BCUT2D eigenvalue weighted by Gasteiger charge is 2.28. The van der Waals surface area contributed by atoms with Crippen molar-refractivity contribution >= 4 is 17.2 Å². The number of piperazine rings is 1. The molecule has 0 spiro atoms. The lowest BCUT2D eigenvalue weighted by Gasteiger charge is -2.37. The summed E-state index contributed by atoms with van der Waals surface area (Å²) in [6.45, 7) is 8.47. The van der Waals surface area contributed by atoms with Gasteiger partial charge in [0, 0.05) is 61.6 Å². The van der Waals surface area contributed by atoms with Crippen molar-refractivity contribution in [1.82, 2.24) is 9.80 Å². The number of aryl methyl sites for hydroxylation is 1. The molecule has 0 atom stereocenters. The zero-order valence-electron chi connectivity index (χ0n) is 13.4. The number of nitrogens with zero attached hydrogens (tertiary/aromatic N) is 2. The van der Waals surface area contributed by atoms with Crippen molar-refractivity contribution < 1.29 is 9.53 Å². The van der Waals surface area contributed by atoms with Gasteiger partial charge in [-0.3, -0.25) is 9.69 Å². The average molecular weight is 322 g/mol. The number of carbonyl (C=O) groups excluding carboxylic acids is 1. The first-order chi connectivity index (χ1) is 10.8. The van der Waals surface area contributed by atoms with Crippen LogP contribution in [0.1, 0.15) is 29.5 Å². The van der Waals surface area contributed by atoms with Gasteiger partial charge in [-0.15, -0.1) is 11.3 Å². The van der Waals surface area contributed by atoms with Crippen LogP contribution >= 0.6 is 11.3 Å². The topological polar surface area (TPSA) is 32.8 Å². The minimum atomic E-state index is 0.199. The van der Waals surface area contributed by atoms with E-state index in [1.54, 1.807) is 0 Å². The van der Waals surface area contributed by atoms with Gasteiger partial charge in [0.1, 0.15) is 0 Å². The highest BCUT2D eigenvalue weighted by molar-refractivity contribution is 7.11. The monoisotopic (exact) mass is 322 g/mol. The van der Waals surface area contributed by atoms with E-state index in [0.717, 1.165) is 65.2 Å². The molecule has 0 N–H and O–H groups in total. The molecule has 0 radical (unpaired) electrons. The minimum absolute atomic E-state index is 0.199. The summed E-state index contributed by atoms with van der Waals surface area (Å²) in [5.74, 6) is 0.553. The number of rotatable bonds is 4. The predicted molar refractivity (Wildman–Crippen MR) is 89.1 cm³/mol. The van der Waals surface area contributed by atoms with E-state index in [0.29, 0.717) is 5.91 Å². The average Bonchev–Trinajstić information content (AvgIpc) is 3.03. The Kier molecular flexibility index (Phi) is 5.50. The molecule has 5 heteroatoms. The van der Waals surface area contributed by atoms with Crippen LogP contribution in [0.4, 0.5) is 0 Å². The molecule has 3 rings (SSSR count). The van der Waals surface area contributed by atoms with Crippen molar-refractivity contribution in [2.75, 3.05) is 39.4 Å². The van der Waals surface area contributed by atoms with Gasteiger partial charge in [-0.05, 0) is 31.4 Å². The molecule has 2 aliphatic rings. The first kappa shape index (κ1) is 16.0. The van der Waals surface area contributed by atoms with Crippen LogP contribution < -0.4 is 0 Å². The molecule has 122 valence electrons. The number of carbonyl (C=O) groups is 1. The van der Waals surface area contributed by atoms with E-state index in [1.165, 1.54) is 9.75 Å². The van der Waals surface area contributed by atoms with Crippen LogP contribution in [0.3, 0.4) is 0 Å². The smallest absolute Gasteiger partial charge is 0.225 e. The van der Waals surface area contributed by atoms with Gasteiger partial charge in [0.2, 0.25) is 5.91 Å². The summed E-state index contributed by atoms with van der Waals surface area (Å²) in [6.07, 6.45) is 2.92. The lowest BCUT2D eigenvalue weighted by Crippen LogP contribution is -2.50. The molecule has 0 aliphatic carbocycles.